The Kier molecular flexibility index (Phi) is 2.37. The normalized spacial score (nSPS) is 10.3. The average Bonchev–Trinajstić information content (AvgIpc) is 2.34. The molecule has 0 atom stereocenters. The van der Waals surface area contributed by atoms with E-state index in [-0.39, 0.29) is 5.56 Å². The van der Waals surface area contributed by atoms with Crippen LogP contribution >= 0.6 is 0 Å². The Morgan fingerprint density at radius 2 is 2.42 bits per heavy atom. The predicted molar refractivity (Wildman–Crippen MR) is 34.6 cm³/mol. The zero-order valence-corrected chi connectivity index (χ0v) is 6.20. The van der Waals surface area contributed by atoms with Crippen LogP contribution in [0.4, 0.5) is 8.78 Å². The molecule has 1 heterocycles. The van der Waals surface area contributed by atoms with Gasteiger partial charge in [0.05, 0.1) is 11.8 Å². The fourth-order valence-corrected chi connectivity index (χ4v) is 0.676. The highest BCUT2D eigenvalue weighted by molar-refractivity contribution is 5.88. The summed E-state index contributed by atoms with van der Waals surface area (Å²) in [6.45, 7) is -3.09. The van der Waals surface area contributed by atoms with Gasteiger partial charge in [0.1, 0.15) is 0 Å². The molecule has 0 radical (unpaired) electrons. The first-order chi connectivity index (χ1) is 5.59. The van der Waals surface area contributed by atoms with Crippen LogP contribution in [0.15, 0.2) is 12.4 Å². The van der Waals surface area contributed by atoms with Gasteiger partial charge in [-0.1, -0.05) is 0 Å². The minimum Gasteiger partial charge on any atom is -0.399 e. The maximum absolute atomic E-state index is 11.5. The lowest BCUT2D eigenvalue weighted by atomic mass is 10.4. The second-order valence-corrected chi connectivity index (χ2v) is 2.07. The van der Waals surface area contributed by atoms with Crippen molar-refractivity contribution in [3.8, 4) is 0 Å². The molecule has 0 saturated carbocycles. The fraction of sp³-hybridized carbons (Fsp3) is 0.333. The molecule has 66 valence electrons. The van der Waals surface area contributed by atoms with E-state index in [4.69, 9.17) is 0 Å². The highest BCUT2D eigenvalue weighted by Gasteiger charge is 2.14. The first kappa shape index (κ1) is 8.63. The minimum absolute atomic E-state index is 0.0119. The van der Waals surface area contributed by atoms with E-state index in [1.165, 1.54) is 10.9 Å². The first-order valence-electron chi connectivity index (χ1n) is 3.07. The van der Waals surface area contributed by atoms with Gasteiger partial charge in [0.15, 0.2) is 0 Å². The zero-order chi connectivity index (χ0) is 9.14. The number of alkyl halides is 2. The van der Waals surface area contributed by atoms with Crippen molar-refractivity contribution in [3.63, 3.8) is 0 Å². The topological polar surface area (TPSA) is 44.1 Å². The smallest absolute Gasteiger partial charge is 0.389 e. The van der Waals surface area contributed by atoms with E-state index >= 15 is 0 Å². The highest BCUT2D eigenvalue weighted by Crippen LogP contribution is 2.03. The molecule has 4 nitrogen and oxygen atoms in total. The third-order valence-corrected chi connectivity index (χ3v) is 1.14. The summed E-state index contributed by atoms with van der Waals surface area (Å²) in [5, 5.41) is 3.62. The number of nitrogens with zero attached hydrogens (tertiary/aromatic N) is 2. The Labute approximate surface area is 66.7 Å². The van der Waals surface area contributed by atoms with Gasteiger partial charge >= 0.3 is 12.6 Å². The summed E-state index contributed by atoms with van der Waals surface area (Å²) in [6, 6.07) is 0. The van der Waals surface area contributed by atoms with Crippen molar-refractivity contribution >= 4 is 5.97 Å². The molecule has 0 bridgehead atoms. The lowest BCUT2D eigenvalue weighted by molar-refractivity contribution is -0.0906. The third-order valence-electron chi connectivity index (χ3n) is 1.14. The van der Waals surface area contributed by atoms with E-state index in [1.807, 2.05) is 0 Å². The van der Waals surface area contributed by atoms with Crippen molar-refractivity contribution in [1.82, 2.24) is 9.78 Å². The molecule has 0 unspecified atom stereocenters. The van der Waals surface area contributed by atoms with Crippen LogP contribution in [0, 0.1) is 0 Å². The minimum atomic E-state index is -3.09. The molecule has 0 aromatic carbocycles. The van der Waals surface area contributed by atoms with Gasteiger partial charge in [0, 0.05) is 13.2 Å². The standard InChI is InChI=1S/C6H6F2N2O2/c1-10-3-4(2-9-10)5(11)12-6(7)8/h2-3,6H,1H3. The van der Waals surface area contributed by atoms with Gasteiger partial charge in [-0.3, -0.25) is 4.68 Å². The number of halogens is 2. The van der Waals surface area contributed by atoms with E-state index < -0.39 is 12.6 Å². The van der Waals surface area contributed by atoms with E-state index in [1.54, 1.807) is 7.05 Å². The van der Waals surface area contributed by atoms with E-state index in [9.17, 15) is 13.6 Å². The lowest BCUT2D eigenvalue weighted by Crippen LogP contribution is -2.08. The van der Waals surface area contributed by atoms with Crippen LogP contribution in [0.2, 0.25) is 0 Å². The molecule has 6 heteroatoms. The Morgan fingerprint density at radius 1 is 1.75 bits per heavy atom. The van der Waals surface area contributed by atoms with Crippen LogP contribution in [0.1, 0.15) is 10.4 Å². The lowest BCUT2D eigenvalue weighted by Gasteiger charge is -1.98. The maximum Gasteiger partial charge on any atom is 0.389 e. The van der Waals surface area contributed by atoms with Crippen molar-refractivity contribution < 1.29 is 18.3 Å². The van der Waals surface area contributed by atoms with E-state index in [2.05, 4.69) is 9.84 Å². The van der Waals surface area contributed by atoms with Crippen LogP contribution in [0.5, 0.6) is 0 Å². The van der Waals surface area contributed by atoms with E-state index in [0.29, 0.717) is 0 Å². The number of hydrogen-bond donors (Lipinski definition) is 0. The van der Waals surface area contributed by atoms with Crippen LogP contribution in [-0.4, -0.2) is 22.4 Å². The van der Waals surface area contributed by atoms with Crippen LogP contribution in [0.3, 0.4) is 0 Å². The molecule has 0 fully saturated rings. The van der Waals surface area contributed by atoms with Crippen molar-refractivity contribution in [1.29, 1.82) is 0 Å². The number of aromatic nitrogens is 2. The molecule has 0 amide bonds. The van der Waals surface area contributed by atoms with Crippen molar-refractivity contribution in [2.75, 3.05) is 0 Å². The molecular weight excluding hydrogens is 170 g/mol. The van der Waals surface area contributed by atoms with Crippen molar-refractivity contribution in [2.45, 2.75) is 6.61 Å². The largest absolute Gasteiger partial charge is 0.399 e. The summed E-state index contributed by atoms with van der Waals surface area (Å²) in [5.74, 6) is -1.07. The summed E-state index contributed by atoms with van der Waals surface area (Å²) in [5.41, 5.74) is 0.0119. The Balaban J connectivity index is 2.65. The number of aryl methyl sites for hydroxylation is 1. The van der Waals surface area contributed by atoms with Crippen LogP contribution in [0.25, 0.3) is 0 Å². The number of ether oxygens (including phenoxy) is 1. The van der Waals surface area contributed by atoms with Crippen LogP contribution in [-0.2, 0) is 11.8 Å². The molecule has 1 rings (SSSR count). The van der Waals surface area contributed by atoms with Gasteiger partial charge in [0.25, 0.3) is 0 Å². The predicted octanol–water partition coefficient (Wildman–Crippen LogP) is 0.800. The van der Waals surface area contributed by atoms with Gasteiger partial charge in [-0.25, -0.2) is 4.79 Å². The maximum atomic E-state index is 11.5. The average molecular weight is 176 g/mol. The molecule has 12 heavy (non-hydrogen) atoms. The quantitative estimate of drug-likeness (QED) is 0.626. The molecule has 0 N–H and O–H groups in total. The van der Waals surface area contributed by atoms with Gasteiger partial charge in [-0.2, -0.15) is 13.9 Å². The summed E-state index contributed by atoms with van der Waals surface area (Å²) < 4.78 is 28.0. The molecule has 0 aliphatic carbocycles. The number of carbonyl (C=O) groups excluding carboxylic acids is 1. The monoisotopic (exact) mass is 176 g/mol. The summed E-state index contributed by atoms with van der Waals surface area (Å²) in [4.78, 5) is 10.7. The molecule has 0 spiro atoms. The number of carbonyl (C=O) groups is 1. The second-order valence-electron chi connectivity index (χ2n) is 2.07. The molecule has 0 aliphatic rings. The summed E-state index contributed by atoms with van der Waals surface area (Å²) in [7, 11) is 1.57. The zero-order valence-electron chi connectivity index (χ0n) is 6.20. The highest BCUT2D eigenvalue weighted by atomic mass is 19.3. The number of esters is 1. The molecule has 0 saturated heterocycles. The Morgan fingerprint density at radius 3 is 2.83 bits per heavy atom. The molecule has 1 aromatic heterocycles. The summed E-state index contributed by atoms with van der Waals surface area (Å²) in [6.07, 6.45) is 2.45. The van der Waals surface area contributed by atoms with E-state index in [0.717, 1.165) is 6.20 Å². The van der Waals surface area contributed by atoms with Crippen LogP contribution < -0.4 is 0 Å². The van der Waals surface area contributed by atoms with Crippen molar-refractivity contribution in [3.05, 3.63) is 18.0 Å². The van der Waals surface area contributed by atoms with Gasteiger partial charge in [-0.15, -0.1) is 0 Å². The fourth-order valence-electron chi connectivity index (χ4n) is 0.676. The number of rotatable bonds is 2. The second kappa shape index (κ2) is 3.29. The molecule has 0 aliphatic heterocycles. The number of hydrogen-bond acceptors (Lipinski definition) is 3. The van der Waals surface area contributed by atoms with Gasteiger partial charge in [-0.05, 0) is 0 Å². The Bertz CT molecular complexity index is 285. The van der Waals surface area contributed by atoms with Gasteiger partial charge < -0.3 is 4.74 Å². The van der Waals surface area contributed by atoms with Gasteiger partial charge in [0.2, 0.25) is 0 Å². The third kappa shape index (κ3) is 2.01. The molecular formula is C6H6F2N2O2. The Hall–Kier alpha value is -1.46. The SMILES string of the molecule is Cn1cc(C(=O)OC(F)F)cn1. The first-order valence-corrected chi connectivity index (χ1v) is 3.07. The molecule has 1 aromatic rings. The summed E-state index contributed by atoms with van der Waals surface area (Å²) >= 11 is 0. The van der Waals surface area contributed by atoms with Crippen molar-refractivity contribution in [2.24, 2.45) is 7.05 Å².